The van der Waals surface area contributed by atoms with Crippen molar-refractivity contribution in [3.8, 4) is 0 Å². The molecule has 0 bridgehead atoms. The number of anilines is 1. The number of aromatic nitrogens is 2. The minimum Gasteiger partial charge on any atom is -0.346 e. The standard InChI is InChI=1S/C18H23FN4O/c1-4-16-20-11(2)17(22-16)12-9-23(3)10-13(12)18(24)21-15-8-6-5-7-14(15)19/h5-8,12-13H,4,9-10H2,1-3H3,(H,20,22)(H,21,24)/t12-,13-/m0/s1. The van der Waals surface area contributed by atoms with Crippen LogP contribution in [0.15, 0.2) is 24.3 Å². The number of imidazole rings is 1. The molecule has 0 aliphatic carbocycles. The van der Waals surface area contributed by atoms with Gasteiger partial charge in [0.2, 0.25) is 5.91 Å². The molecule has 1 aromatic heterocycles. The Kier molecular flexibility index (Phi) is 4.66. The minimum absolute atomic E-state index is 0.0123. The Morgan fingerprint density at radius 2 is 2.17 bits per heavy atom. The van der Waals surface area contributed by atoms with Crippen LogP contribution in [0.25, 0.3) is 0 Å². The average Bonchev–Trinajstić information content (AvgIpc) is 3.12. The zero-order valence-corrected chi connectivity index (χ0v) is 14.3. The van der Waals surface area contributed by atoms with Gasteiger partial charge in [-0.15, -0.1) is 0 Å². The maximum atomic E-state index is 13.8. The van der Waals surface area contributed by atoms with Gasteiger partial charge in [0.25, 0.3) is 0 Å². The van der Waals surface area contributed by atoms with E-state index in [1.54, 1.807) is 18.2 Å². The van der Waals surface area contributed by atoms with Crippen molar-refractivity contribution in [3.63, 3.8) is 0 Å². The molecule has 0 saturated carbocycles. The summed E-state index contributed by atoms with van der Waals surface area (Å²) in [4.78, 5) is 22.8. The first-order chi connectivity index (χ1) is 11.5. The maximum absolute atomic E-state index is 13.8. The van der Waals surface area contributed by atoms with E-state index in [1.165, 1.54) is 6.07 Å². The Bertz CT molecular complexity index is 742. The van der Waals surface area contributed by atoms with Crippen molar-refractivity contribution in [2.24, 2.45) is 5.92 Å². The van der Waals surface area contributed by atoms with E-state index >= 15 is 0 Å². The molecule has 2 N–H and O–H groups in total. The number of benzene rings is 1. The Hall–Kier alpha value is -2.21. The fourth-order valence-electron chi connectivity index (χ4n) is 3.40. The van der Waals surface area contributed by atoms with Crippen molar-refractivity contribution in [3.05, 3.63) is 47.3 Å². The van der Waals surface area contributed by atoms with Crippen molar-refractivity contribution < 1.29 is 9.18 Å². The number of carbonyl (C=O) groups excluding carboxylic acids is 1. The Balaban J connectivity index is 1.83. The van der Waals surface area contributed by atoms with Gasteiger partial charge in [0.15, 0.2) is 0 Å². The molecule has 2 atom stereocenters. The van der Waals surface area contributed by atoms with Crippen LogP contribution < -0.4 is 5.32 Å². The number of hydrogen-bond acceptors (Lipinski definition) is 3. The van der Waals surface area contributed by atoms with Crippen molar-refractivity contribution in [2.45, 2.75) is 26.2 Å². The molecule has 1 fully saturated rings. The number of hydrogen-bond donors (Lipinski definition) is 2. The van der Waals surface area contributed by atoms with Gasteiger partial charge in [0.1, 0.15) is 11.6 Å². The van der Waals surface area contributed by atoms with E-state index in [4.69, 9.17) is 0 Å². The number of H-pyrrole nitrogens is 1. The van der Waals surface area contributed by atoms with Crippen LogP contribution in [0.1, 0.15) is 30.1 Å². The zero-order chi connectivity index (χ0) is 17.3. The van der Waals surface area contributed by atoms with Crippen molar-refractivity contribution in [1.29, 1.82) is 0 Å². The van der Waals surface area contributed by atoms with Crippen LogP contribution in [0.3, 0.4) is 0 Å². The third-order valence-electron chi connectivity index (χ3n) is 4.63. The van der Waals surface area contributed by atoms with Crippen LogP contribution in [0.4, 0.5) is 10.1 Å². The molecule has 24 heavy (non-hydrogen) atoms. The van der Waals surface area contributed by atoms with Gasteiger partial charge in [-0.05, 0) is 26.1 Å². The number of halogens is 1. The molecule has 1 aliphatic rings. The highest BCUT2D eigenvalue weighted by molar-refractivity contribution is 5.93. The van der Waals surface area contributed by atoms with Gasteiger partial charge >= 0.3 is 0 Å². The summed E-state index contributed by atoms with van der Waals surface area (Å²) in [7, 11) is 1.99. The highest BCUT2D eigenvalue weighted by Gasteiger charge is 2.39. The van der Waals surface area contributed by atoms with E-state index in [-0.39, 0.29) is 23.4 Å². The summed E-state index contributed by atoms with van der Waals surface area (Å²) < 4.78 is 13.8. The van der Waals surface area contributed by atoms with Crippen molar-refractivity contribution in [2.75, 3.05) is 25.5 Å². The lowest BCUT2D eigenvalue weighted by molar-refractivity contribution is -0.119. The topological polar surface area (TPSA) is 61.0 Å². The number of likely N-dealkylation sites (tertiary alicyclic amines) is 1. The lowest BCUT2D eigenvalue weighted by Gasteiger charge is -2.17. The second-order valence-electron chi connectivity index (χ2n) is 6.45. The molecule has 3 rings (SSSR count). The highest BCUT2D eigenvalue weighted by Crippen LogP contribution is 2.33. The Morgan fingerprint density at radius 1 is 1.42 bits per heavy atom. The van der Waals surface area contributed by atoms with Gasteiger partial charge in [-0.3, -0.25) is 4.79 Å². The third-order valence-corrected chi connectivity index (χ3v) is 4.63. The molecule has 1 amide bonds. The van der Waals surface area contributed by atoms with E-state index < -0.39 is 5.82 Å². The Morgan fingerprint density at radius 3 is 2.83 bits per heavy atom. The fourth-order valence-corrected chi connectivity index (χ4v) is 3.40. The summed E-state index contributed by atoms with van der Waals surface area (Å²) in [5, 5.41) is 2.73. The zero-order valence-electron chi connectivity index (χ0n) is 14.3. The summed E-state index contributed by atoms with van der Waals surface area (Å²) in [6, 6.07) is 6.24. The van der Waals surface area contributed by atoms with E-state index in [0.717, 1.165) is 30.2 Å². The number of nitrogens with zero attached hydrogens (tertiary/aromatic N) is 2. The first kappa shape index (κ1) is 16.6. The summed E-state index contributed by atoms with van der Waals surface area (Å²) in [5.41, 5.74) is 2.18. The number of likely N-dealkylation sites (N-methyl/N-ethyl adjacent to an activating group) is 1. The number of aryl methyl sites for hydroxylation is 2. The van der Waals surface area contributed by atoms with Crippen LogP contribution in [0.5, 0.6) is 0 Å². The number of rotatable bonds is 4. The monoisotopic (exact) mass is 330 g/mol. The minimum atomic E-state index is -0.419. The van der Waals surface area contributed by atoms with Gasteiger partial charge in [-0.2, -0.15) is 0 Å². The maximum Gasteiger partial charge on any atom is 0.229 e. The molecule has 128 valence electrons. The number of nitrogens with one attached hydrogen (secondary N) is 2. The third kappa shape index (κ3) is 3.19. The predicted octanol–water partition coefficient (Wildman–Crippen LogP) is 2.70. The fraction of sp³-hybridized carbons (Fsp3) is 0.444. The van der Waals surface area contributed by atoms with Gasteiger partial charge < -0.3 is 15.2 Å². The van der Waals surface area contributed by atoms with Crippen LogP contribution in [-0.4, -0.2) is 40.9 Å². The summed E-state index contributed by atoms with van der Waals surface area (Å²) in [6.07, 6.45) is 0.829. The van der Waals surface area contributed by atoms with Crippen molar-refractivity contribution >= 4 is 11.6 Å². The molecule has 0 radical (unpaired) electrons. The molecule has 1 saturated heterocycles. The number of carbonyl (C=O) groups is 1. The summed E-state index contributed by atoms with van der Waals surface area (Å²) in [6.45, 7) is 5.44. The molecular formula is C18H23FN4O. The van der Waals surface area contributed by atoms with Crippen LogP contribution in [0.2, 0.25) is 0 Å². The number of para-hydroxylation sites is 1. The van der Waals surface area contributed by atoms with Gasteiger partial charge in [-0.25, -0.2) is 9.37 Å². The second-order valence-corrected chi connectivity index (χ2v) is 6.45. The molecule has 0 spiro atoms. The van der Waals surface area contributed by atoms with Crippen LogP contribution in [0, 0.1) is 18.7 Å². The molecule has 1 aliphatic heterocycles. The van der Waals surface area contributed by atoms with Gasteiger partial charge in [0, 0.05) is 31.1 Å². The first-order valence-corrected chi connectivity index (χ1v) is 8.29. The summed E-state index contributed by atoms with van der Waals surface area (Å²) >= 11 is 0. The molecule has 1 aromatic carbocycles. The lowest BCUT2D eigenvalue weighted by atomic mass is 9.91. The molecule has 2 aromatic rings. The lowest BCUT2D eigenvalue weighted by Crippen LogP contribution is -2.29. The molecule has 5 nitrogen and oxygen atoms in total. The van der Waals surface area contributed by atoms with Gasteiger partial charge in [0.05, 0.1) is 17.3 Å². The molecule has 6 heteroatoms. The average molecular weight is 330 g/mol. The Labute approximate surface area is 141 Å². The van der Waals surface area contributed by atoms with E-state index in [1.807, 2.05) is 20.9 Å². The van der Waals surface area contributed by atoms with E-state index in [2.05, 4.69) is 20.2 Å². The number of aromatic amines is 1. The van der Waals surface area contributed by atoms with Crippen LogP contribution >= 0.6 is 0 Å². The smallest absolute Gasteiger partial charge is 0.229 e. The quantitative estimate of drug-likeness (QED) is 0.906. The normalized spacial score (nSPS) is 21.2. The molecule has 0 unspecified atom stereocenters. The molecule has 2 heterocycles. The first-order valence-electron chi connectivity index (χ1n) is 8.29. The van der Waals surface area contributed by atoms with Crippen molar-refractivity contribution in [1.82, 2.24) is 14.9 Å². The SMILES string of the molecule is CCc1nc([C@H]2CN(C)C[C@@H]2C(=O)Nc2ccccc2F)c(C)[nH]1. The van der Waals surface area contributed by atoms with E-state index in [0.29, 0.717) is 6.54 Å². The number of amides is 1. The highest BCUT2D eigenvalue weighted by atomic mass is 19.1. The largest absolute Gasteiger partial charge is 0.346 e. The summed E-state index contributed by atoms with van der Waals surface area (Å²) in [5.74, 6) is 0.123. The molecular weight excluding hydrogens is 307 g/mol. The second kappa shape index (κ2) is 6.73. The predicted molar refractivity (Wildman–Crippen MR) is 91.5 cm³/mol. The van der Waals surface area contributed by atoms with Gasteiger partial charge in [-0.1, -0.05) is 19.1 Å². The van der Waals surface area contributed by atoms with E-state index in [9.17, 15) is 9.18 Å². The van der Waals surface area contributed by atoms with Crippen LogP contribution in [-0.2, 0) is 11.2 Å².